The molecule has 1 unspecified atom stereocenters. The number of methoxy groups -OCH3 is 1. The molecule has 2 rings (SSSR count). The molecule has 0 aliphatic carbocycles. The van der Waals surface area contributed by atoms with Crippen LogP contribution < -0.4 is 20.1 Å². The van der Waals surface area contributed by atoms with Crippen molar-refractivity contribution in [3.8, 4) is 11.5 Å². The van der Waals surface area contributed by atoms with Gasteiger partial charge in [-0.3, -0.25) is 9.59 Å². The number of carbonyl (C=O) groups excluding carboxylic acids is 3. The van der Waals surface area contributed by atoms with Gasteiger partial charge >= 0.3 is 5.97 Å². The van der Waals surface area contributed by atoms with E-state index in [0.29, 0.717) is 29.4 Å². The Morgan fingerprint density at radius 2 is 1.50 bits per heavy atom. The maximum absolute atomic E-state index is 12.7. The number of nitrogens with one attached hydrogen (secondary N) is 2. The molecule has 0 aliphatic rings. The lowest BCUT2D eigenvalue weighted by Gasteiger charge is -2.23. The van der Waals surface area contributed by atoms with Crippen LogP contribution in [0.25, 0.3) is 0 Å². The molecule has 2 aromatic rings. The number of carbonyl (C=O) groups is 3. The van der Waals surface area contributed by atoms with Gasteiger partial charge in [-0.2, -0.15) is 0 Å². The minimum absolute atomic E-state index is 0.244. The molecular formula is C24H30N2O6. The molecule has 2 amide bonds. The molecule has 2 atom stereocenters. The van der Waals surface area contributed by atoms with Crippen molar-refractivity contribution in [2.45, 2.75) is 39.8 Å². The lowest BCUT2D eigenvalue weighted by molar-refractivity contribution is -0.156. The van der Waals surface area contributed by atoms with Crippen LogP contribution in [0.4, 0.5) is 5.69 Å². The minimum Gasteiger partial charge on any atom is -0.497 e. The van der Waals surface area contributed by atoms with Crippen LogP contribution in [0.5, 0.6) is 11.5 Å². The van der Waals surface area contributed by atoms with Crippen LogP contribution >= 0.6 is 0 Å². The summed E-state index contributed by atoms with van der Waals surface area (Å²) in [6.45, 7) is 7.44. The summed E-state index contributed by atoms with van der Waals surface area (Å²) in [7, 11) is 1.55. The van der Waals surface area contributed by atoms with Crippen LogP contribution in [0.1, 0.15) is 38.1 Å². The first-order chi connectivity index (χ1) is 15.2. The van der Waals surface area contributed by atoms with Gasteiger partial charge in [-0.25, -0.2) is 4.79 Å². The molecule has 0 heterocycles. The zero-order valence-electron chi connectivity index (χ0n) is 19.0. The standard InChI is InChI=1S/C24H30N2O6/c1-6-31-20-11-7-17(8-12-20)23(28)26-21(15(2)3)24(29)32-16(4)22(27)25-18-9-13-19(30-5)14-10-18/h7-16,21H,6H2,1-5H3,(H,25,27)(H,26,28)/t16?,21-/m0/s1. The zero-order valence-corrected chi connectivity index (χ0v) is 19.0. The van der Waals surface area contributed by atoms with E-state index in [0.717, 1.165) is 0 Å². The highest BCUT2D eigenvalue weighted by molar-refractivity contribution is 5.98. The monoisotopic (exact) mass is 442 g/mol. The fourth-order valence-electron chi connectivity index (χ4n) is 2.81. The molecule has 0 aliphatic heterocycles. The first kappa shape index (κ1) is 24.7. The molecule has 0 bridgehead atoms. The average molecular weight is 443 g/mol. The average Bonchev–Trinajstić information content (AvgIpc) is 2.78. The van der Waals surface area contributed by atoms with Crippen molar-refractivity contribution in [1.29, 1.82) is 0 Å². The van der Waals surface area contributed by atoms with Crippen molar-refractivity contribution in [2.24, 2.45) is 5.92 Å². The van der Waals surface area contributed by atoms with Crippen LogP contribution in [-0.2, 0) is 14.3 Å². The summed E-state index contributed by atoms with van der Waals surface area (Å²) in [4.78, 5) is 37.7. The molecular weight excluding hydrogens is 412 g/mol. The number of hydrogen-bond donors (Lipinski definition) is 2. The molecule has 0 saturated heterocycles. The second-order valence-electron chi connectivity index (χ2n) is 7.45. The van der Waals surface area contributed by atoms with Gasteiger partial charge in [0.25, 0.3) is 11.8 Å². The fourth-order valence-corrected chi connectivity index (χ4v) is 2.81. The van der Waals surface area contributed by atoms with Gasteiger partial charge in [0.1, 0.15) is 17.5 Å². The van der Waals surface area contributed by atoms with E-state index >= 15 is 0 Å². The van der Waals surface area contributed by atoms with Gasteiger partial charge in [0.2, 0.25) is 0 Å². The van der Waals surface area contributed by atoms with E-state index in [2.05, 4.69) is 10.6 Å². The Hall–Kier alpha value is -3.55. The highest BCUT2D eigenvalue weighted by Crippen LogP contribution is 2.16. The quantitative estimate of drug-likeness (QED) is 0.547. The Balaban J connectivity index is 1.97. The topological polar surface area (TPSA) is 103 Å². The molecule has 2 N–H and O–H groups in total. The van der Waals surface area contributed by atoms with Gasteiger partial charge in [0.05, 0.1) is 13.7 Å². The Bertz CT molecular complexity index is 909. The normalized spacial score (nSPS) is 12.4. The van der Waals surface area contributed by atoms with E-state index in [1.165, 1.54) is 6.92 Å². The van der Waals surface area contributed by atoms with Crippen molar-refractivity contribution >= 4 is 23.5 Å². The Labute approximate surface area is 188 Å². The number of amides is 2. The third kappa shape index (κ3) is 7.01. The summed E-state index contributed by atoms with van der Waals surface area (Å²) in [5, 5.41) is 5.37. The van der Waals surface area contributed by atoms with Crippen molar-refractivity contribution in [3.05, 3.63) is 54.1 Å². The number of esters is 1. The van der Waals surface area contributed by atoms with Gasteiger partial charge in [-0.1, -0.05) is 13.8 Å². The first-order valence-electron chi connectivity index (χ1n) is 10.4. The van der Waals surface area contributed by atoms with Crippen molar-refractivity contribution in [2.75, 3.05) is 19.0 Å². The van der Waals surface area contributed by atoms with Crippen molar-refractivity contribution in [3.63, 3.8) is 0 Å². The lowest BCUT2D eigenvalue weighted by Crippen LogP contribution is -2.47. The highest BCUT2D eigenvalue weighted by Gasteiger charge is 2.29. The molecule has 2 aromatic carbocycles. The van der Waals surface area contributed by atoms with Gasteiger partial charge < -0.3 is 24.8 Å². The number of ether oxygens (including phenoxy) is 3. The van der Waals surface area contributed by atoms with E-state index in [1.54, 1.807) is 69.5 Å². The lowest BCUT2D eigenvalue weighted by atomic mass is 10.0. The van der Waals surface area contributed by atoms with Gasteiger partial charge in [0, 0.05) is 11.3 Å². The third-order valence-corrected chi connectivity index (χ3v) is 4.65. The van der Waals surface area contributed by atoms with Crippen LogP contribution in [0.2, 0.25) is 0 Å². The SMILES string of the molecule is CCOc1ccc(C(=O)N[C@H](C(=O)OC(C)C(=O)Nc2ccc(OC)cc2)C(C)C)cc1. The predicted octanol–water partition coefficient (Wildman–Crippen LogP) is 3.42. The van der Waals surface area contributed by atoms with Crippen LogP contribution in [0, 0.1) is 5.92 Å². The largest absolute Gasteiger partial charge is 0.497 e. The van der Waals surface area contributed by atoms with E-state index in [9.17, 15) is 14.4 Å². The Morgan fingerprint density at radius 1 is 0.906 bits per heavy atom. The molecule has 8 nitrogen and oxygen atoms in total. The molecule has 0 saturated carbocycles. The molecule has 0 radical (unpaired) electrons. The van der Waals surface area contributed by atoms with E-state index in [-0.39, 0.29) is 5.92 Å². The number of rotatable bonds is 10. The summed E-state index contributed by atoms with van der Waals surface area (Å²) < 4.78 is 15.8. The predicted molar refractivity (Wildman–Crippen MR) is 121 cm³/mol. The molecule has 0 spiro atoms. The van der Waals surface area contributed by atoms with Gasteiger partial charge in [-0.15, -0.1) is 0 Å². The molecule has 0 fully saturated rings. The molecule has 8 heteroatoms. The zero-order chi connectivity index (χ0) is 23.7. The minimum atomic E-state index is -1.05. The van der Waals surface area contributed by atoms with E-state index in [4.69, 9.17) is 14.2 Å². The fraction of sp³-hybridized carbons (Fsp3) is 0.375. The van der Waals surface area contributed by atoms with Crippen LogP contribution in [0.3, 0.4) is 0 Å². The van der Waals surface area contributed by atoms with Crippen molar-refractivity contribution < 1.29 is 28.6 Å². The second kappa shape index (κ2) is 11.7. The van der Waals surface area contributed by atoms with E-state index < -0.39 is 29.9 Å². The summed E-state index contributed by atoms with van der Waals surface area (Å²) in [5.74, 6) is -0.517. The smallest absolute Gasteiger partial charge is 0.329 e. The molecule has 0 aromatic heterocycles. The number of hydrogen-bond acceptors (Lipinski definition) is 6. The summed E-state index contributed by atoms with van der Waals surface area (Å²) >= 11 is 0. The second-order valence-corrected chi connectivity index (χ2v) is 7.45. The van der Waals surface area contributed by atoms with Crippen LogP contribution in [-0.4, -0.2) is 43.6 Å². The first-order valence-corrected chi connectivity index (χ1v) is 10.4. The summed E-state index contributed by atoms with van der Waals surface area (Å²) in [6.07, 6.45) is -1.05. The third-order valence-electron chi connectivity index (χ3n) is 4.65. The maximum Gasteiger partial charge on any atom is 0.329 e. The summed E-state index contributed by atoms with van der Waals surface area (Å²) in [6, 6.07) is 12.5. The number of anilines is 1. The van der Waals surface area contributed by atoms with Gasteiger partial charge in [0.15, 0.2) is 6.10 Å². The number of benzene rings is 2. The van der Waals surface area contributed by atoms with Crippen LogP contribution in [0.15, 0.2) is 48.5 Å². The van der Waals surface area contributed by atoms with E-state index in [1.807, 2.05) is 6.92 Å². The van der Waals surface area contributed by atoms with Crippen molar-refractivity contribution in [1.82, 2.24) is 5.32 Å². The maximum atomic E-state index is 12.7. The summed E-state index contributed by atoms with van der Waals surface area (Å²) in [5.41, 5.74) is 0.931. The molecule has 172 valence electrons. The highest BCUT2D eigenvalue weighted by atomic mass is 16.5. The Kier molecular flexibility index (Phi) is 9.07. The molecule has 32 heavy (non-hydrogen) atoms. The van der Waals surface area contributed by atoms with Gasteiger partial charge in [-0.05, 0) is 68.3 Å². The Morgan fingerprint density at radius 3 is 2.03 bits per heavy atom.